The maximum Gasteiger partial charge on any atom is 0.471 e. The molecule has 0 aliphatic rings. The third-order valence-electron chi connectivity index (χ3n) is 3.21. The largest absolute Gasteiger partial charge is 0.471 e. The highest BCUT2D eigenvalue weighted by atomic mass is 19.4. The van der Waals surface area contributed by atoms with E-state index in [9.17, 15) is 27.2 Å². The maximum atomic E-state index is 12.8. The summed E-state index contributed by atoms with van der Waals surface area (Å²) < 4.78 is 49.5. The van der Waals surface area contributed by atoms with Crippen molar-refractivity contribution in [2.24, 2.45) is 0 Å². The SMILES string of the molecule is O=C(/C=C/c1ccc(F)cc1)NCc1cccc(NC(=O)C(F)(F)F)c1. The Morgan fingerprint density at radius 3 is 2.38 bits per heavy atom. The van der Waals surface area contributed by atoms with E-state index in [4.69, 9.17) is 0 Å². The molecule has 0 spiro atoms. The molecule has 2 amide bonds. The summed E-state index contributed by atoms with van der Waals surface area (Å²) >= 11 is 0. The van der Waals surface area contributed by atoms with Crippen molar-refractivity contribution in [3.8, 4) is 0 Å². The number of amides is 2. The molecule has 136 valence electrons. The predicted molar refractivity (Wildman–Crippen MR) is 88.4 cm³/mol. The number of halogens is 4. The number of carbonyl (C=O) groups excluding carboxylic acids is 2. The fraction of sp³-hybridized carbons (Fsp3) is 0.111. The van der Waals surface area contributed by atoms with Gasteiger partial charge in [-0.15, -0.1) is 0 Å². The van der Waals surface area contributed by atoms with Gasteiger partial charge in [-0.2, -0.15) is 13.2 Å². The molecule has 2 rings (SSSR count). The van der Waals surface area contributed by atoms with Crippen molar-refractivity contribution in [1.82, 2.24) is 5.32 Å². The zero-order valence-corrected chi connectivity index (χ0v) is 13.3. The van der Waals surface area contributed by atoms with Crippen LogP contribution in [0.15, 0.2) is 54.6 Å². The number of hydrogen-bond donors (Lipinski definition) is 2. The number of alkyl halides is 3. The highest BCUT2D eigenvalue weighted by molar-refractivity contribution is 5.95. The molecule has 0 bridgehead atoms. The van der Waals surface area contributed by atoms with Crippen molar-refractivity contribution >= 4 is 23.6 Å². The highest BCUT2D eigenvalue weighted by Crippen LogP contribution is 2.18. The third-order valence-corrected chi connectivity index (χ3v) is 3.21. The molecule has 0 fully saturated rings. The first-order valence-corrected chi connectivity index (χ1v) is 7.42. The monoisotopic (exact) mass is 366 g/mol. The van der Waals surface area contributed by atoms with E-state index in [1.807, 2.05) is 0 Å². The Balaban J connectivity index is 1.90. The smallest absolute Gasteiger partial charge is 0.348 e. The normalized spacial score (nSPS) is 11.4. The quantitative estimate of drug-likeness (QED) is 0.627. The van der Waals surface area contributed by atoms with E-state index < -0.39 is 18.0 Å². The first kappa shape index (κ1) is 19.2. The molecule has 2 aromatic carbocycles. The van der Waals surface area contributed by atoms with E-state index in [0.717, 1.165) is 0 Å². The summed E-state index contributed by atoms with van der Waals surface area (Å²) in [6, 6.07) is 11.2. The fourth-order valence-corrected chi connectivity index (χ4v) is 1.95. The fourth-order valence-electron chi connectivity index (χ4n) is 1.95. The zero-order chi connectivity index (χ0) is 19.2. The van der Waals surface area contributed by atoms with Gasteiger partial charge in [-0.25, -0.2) is 4.39 Å². The van der Waals surface area contributed by atoms with E-state index in [-0.39, 0.29) is 18.0 Å². The van der Waals surface area contributed by atoms with Crippen LogP contribution in [0.2, 0.25) is 0 Å². The molecule has 0 unspecified atom stereocenters. The van der Waals surface area contributed by atoms with Crippen LogP contribution in [0.4, 0.5) is 23.2 Å². The second-order valence-electron chi connectivity index (χ2n) is 5.25. The molecule has 0 saturated carbocycles. The Morgan fingerprint density at radius 1 is 1.04 bits per heavy atom. The third kappa shape index (κ3) is 6.04. The van der Waals surface area contributed by atoms with Crippen molar-refractivity contribution in [2.75, 3.05) is 5.32 Å². The van der Waals surface area contributed by atoms with Gasteiger partial charge < -0.3 is 10.6 Å². The van der Waals surface area contributed by atoms with Crippen LogP contribution in [-0.2, 0) is 16.1 Å². The molecule has 0 saturated heterocycles. The Hall–Kier alpha value is -3.16. The molecule has 0 heterocycles. The number of anilines is 1. The van der Waals surface area contributed by atoms with Gasteiger partial charge in [0, 0.05) is 18.3 Å². The highest BCUT2D eigenvalue weighted by Gasteiger charge is 2.38. The van der Waals surface area contributed by atoms with Gasteiger partial charge in [0.1, 0.15) is 5.82 Å². The van der Waals surface area contributed by atoms with E-state index in [1.165, 1.54) is 54.6 Å². The first-order valence-electron chi connectivity index (χ1n) is 7.42. The average Bonchev–Trinajstić information content (AvgIpc) is 2.59. The number of hydrogen-bond acceptors (Lipinski definition) is 2. The van der Waals surface area contributed by atoms with Crippen molar-refractivity contribution < 1.29 is 27.2 Å². The lowest BCUT2D eigenvalue weighted by Gasteiger charge is -2.09. The predicted octanol–water partition coefficient (Wildman–Crippen LogP) is 3.66. The number of rotatable bonds is 5. The van der Waals surface area contributed by atoms with Gasteiger partial charge in [0.15, 0.2) is 0 Å². The molecular formula is C18H14F4N2O2. The van der Waals surface area contributed by atoms with Gasteiger partial charge in [-0.3, -0.25) is 9.59 Å². The maximum absolute atomic E-state index is 12.8. The molecule has 0 radical (unpaired) electrons. The summed E-state index contributed by atoms with van der Waals surface area (Å²) in [5.74, 6) is -2.89. The molecule has 0 aliphatic heterocycles. The van der Waals surface area contributed by atoms with Crippen LogP contribution in [-0.4, -0.2) is 18.0 Å². The van der Waals surface area contributed by atoms with Gasteiger partial charge in [-0.05, 0) is 41.5 Å². The second kappa shape index (κ2) is 8.28. The van der Waals surface area contributed by atoms with Crippen LogP contribution in [0.5, 0.6) is 0 Å². The van der Waals surface area contributed by atoms with Gasteiger partial charge in [0.25, 0.3) is 0 Å². The summed E-state index contributed by atoms with van der Waals surface area (Å²) in [6.07, 6.45) is -2.23. The lowest BCUT2D eigenvalue weighted by Crippen LogP contribution is -2.30. The summed E-state index contributed by atoms with van der Waals surface area (Å²) in [4.78, 5) is 22.7. The number of benzene rings is 2. The zero-order valence-electron chi connectivity index (χ0n) is 13.3. The molecule has 26 heavy (non-hydrogen) atoms. The van der Waals surface area contributed by atoms with E-state index in [2.05, 4.69) is 5.32 Å². The van der Waals surface area contributed by atoms with Gasteiger partial charge >= 0.3 is 12.1 Å². The number of nitrogens with one attached hydrogen (secondary N) is 2. The molecule has 0 atom stereocenters. The Bertz CT molecular complexity index is 815. The Labute approximate surface area is 146 Å². The summed E-state index contributed by atoms with van der Waals surface area (Å²) in [7, 11) is 0. The van der Waals surface area contributed by atoms with Gasteiger partial charge in [0.05, 0.1) is 0 Å². The van der Waals surface area contributed by atoms with Gasteiger partial charge in [-0.1, -0.05) is 24.3 Å². The second-order valence-corrected chi connectivity index (χ2v) is 5.25. The summed E-state index contributed by atoms with van der Waals surface area (Å²) in [6.45, 7) is 0.0579. The molecule has 2 N–H and O–H groups in total. The van der Waals surface area contributed by atoms with Gasteiger partial charge in [0.2, 0.25) is 5.91 Å². The Kier molecular flexibility index (Phi) is 6.11. The topological polar surface area (TPSA) is 58.2 Å². The lowest BCUT2D eigenvalue weighted by atomic mass is 10.2. The molecule has 2 aromatic rings. The van der Waals surface area contributed by atoms with Crippen LogP contribution in [0.3, 0.4) is 0 Å². The minimum Gasteiger partial charge on any atom is -0.348 e. The minimum absolute atomic E-state index is 0.0269. The minimum atomic E-state index is -4.98. The molecule has 4 nitrogen and oxygen atoms in total. The van der Waals surface area contributed by atoms with Crippen LogP contribution >= 0.6 is 0 Å². The van der Waals surface area contributed by atoms with Crippen molar-refractivity contribution in [3.63, 3.8) is 0 Å². The average molecular weight is 366 g/mol. The molecule has 0 aliphatic carbocycles. The molecule has 8 heteroatoms. The lowest BCUT2D eigenvalue weighted by molar-refractivity contribution is -0.167. The van der Waals surface area contributed by atoms with Crippen molar-refractivity contribution in [1.29, 1.82) is 0 Å². The van der Waals surface area contributed by atoms with E-state index >= 15 is 0 Å². The molecule has 0 aromatic heterocycles. The standard InChI is InChI=1S/C18H14F4N2O2/c19-14-7-4-12(5-8-14)6-9-16(25)23-11-13-2-1-3-15(10-13)24-17(26)18(20,21)22/h1-10H,11H2,(H,23,25)(H,24,26)/b9-6+. The van der Waals surface area contributed by atoms with E-state index in [1.54, 1.807) is 11.4 Å². The van der Waals surface area contributed by atoms with E-state index in [0.29, 0.717) is 11.1 Å². The van der Waals surface area contributed by atoms with Crippen molar-refractivity contribution in [3.05, 3.63) is 71.6 Å². The van der Waals surface area contributed by atoms with Crippen LogP contribution in [0, 0.1) is 5.82 Å². The van der Waals surface area contributed by atoms with Crippen LogP contribution in [0.1, 0.15) is 11.1 Å². The van der Waals surface area contributed by atoms with Crippen molar-refractivity contribution in [2.45, 2.75) is 12.7 Å². The summed E-state index contributed by atoms with van der Waals surface area (Å²) in [5.41, 5.74) is 1.12. The van der Waals surface area contributed by atoms with Crippen LogP contribution < -0.4 is 10.6 Å². The Morgan fingerprint density at radius 2 is 1.73 bits per heavy atom. The summed E-state index contributed by atoms with van der Waals surface area (Å²) in [5, 5.41) is 4.30. The first-order chi connectivity index (χ1) is 12.2. The van der Waals surface area contributed by atoms with Crippen LogP contribution in [0.25, 0.3) is 6.08 Å². The number of carbonyl (C=O) groups is 2. The molecular weight excluding hydrogens is 352 g/mol.